The maximum Gasteiger partial charge on any atom is 0.0159 e. The van der Waals surface area contributed by atoms with Crippen molar-refractivity contribution in [3.8, 4) is 55.6 Å². The van der Waals surface area contributed by atoms with Gasteiger partial charge in [-0.3, -0.25) is 0 Å². The molecule has 0 bridgehead atoms. The molecule has 1 aliphatic carbocycles. The van der Waals surface area contributed by atoms with Gasteiger partial charge in [-0.05, 0) is 222 Å². The summed E-state index contributed by atoms with van der Waals surface area (Å²) in [4.78, 5) is 0. The van der Waals surface area contributed by atoms with Gasteiger partial charge in [0.1, 0.15) is 0 Å². The molecule has 0 fully saturated rings. The van der Waals surface area contributed by atoms with E-state index in [0.717, 1.165) is 0 Å². The van der Waals surface area contributed by atoms with Crippen LogP contribution in [0.1, 0.15) is 114 Å². The highest BCUT2D eigenvalue weighted by Crippen LogP contribution is 2.49. The smallest absolute Gasteiger partial charge is 0.0159 e. The van der Waals surface area contributed by atoms with Crippen LogP contribution in [0.15, 0.2) is 231 Å². The Morgan fingerprint density at radius 2 is 0.482 bits per heavy atom. The summed E-state index contributed by atoms with van der Waals surface area (Å²) < 4.78 is 0. The molecule has 0 heterocycles. The lowest BCUT2D eigenvalue weighted by Crippen LogP contribution is -2.15. The molecule has 0 unspecified atom stereocenters. The second-order valence-corrected chi connectivity index (χ2v) is 24.5. The van der Waals surface area contributed by atoms with Crippen LogP contribution in [0.3, 0.4) is 0 Å². The molecule has 0 saturated carbocycles. The molecule has 11 aromatic rings. The number of aryl methyl sites for hydroxylation is 16. The van der Waals surface area contributed by atoms with Crippen LogP contribution in [0.25, 0.3) is 55.6 Å². The van der Waals surface area contributed by atoms with Crippen molar-refractivity contribution in [2.24, 2.45) is 0 Å². The summed E-state index contributed by atoms with van der Waals surface area (Å²) in [6, 6.07) is 82.9. The van der Waals surface area contributed by atoms with Gasteiger partial charge in [-0.15, -0.1) is 0 Å². The highest BCUT2D eigenvalue weighted by molar-refractivity contribution is 5.81. The molecule has 0 nitrogen and oxygen atoms in total. The van der Waals surface area contributed by atoms with Crippen molar-refractivity contribution in [2.75, 3.05) is 0 Å². The quantitative estimate of drug-likeness (QED) is 0.165. The summed E-state index contributed by atoms with van der Waals surface area (Å²) in [6.07, 6.45) is 0. The normalized spacial score (nSPS) is 11.3. The van der Waals surface area contributed by atoms with E-state index in [1.165, 1.54) is 156 Å². The van der Waals surface area contributed by atoms with Gasteiger partial charge in [0.15, 0.2) is 0 Å². The highest BCUT2D eigenvalue weighted by atomic mass is 14.4. The summed E-state index contributed by atoms with van der Waals surface area (Å²) in [5, 5.41) is 0. The Morgan fingerprint density at radius 3 is 0.847 bits per heavy atom. The first-order valence-electron chi connectivity index (χ1n) is 30.3. The first-order chi connectivity index (χ1) is 40.5. The molecule has 0 amide bonds. The minimum absolute atomic E-state index is 0.142. The zero-order chi connectivity index (χ0) is 61.5. The predicted molar refractivity (Wildman–Crippen MR) is 374 cm³/mol. The minimum Gasteiger partial charge on any atom is -0.0620 e. The zero-order valence-electron chi connectivity index (χ0n) is 54.4. The number of hydrogen-bond acceptors (Lipinski definition) is 0. The second kappa shape index (κ2) is 29.3. The molecular formula is C85H92. The largest absolute Gasteiger partial charge is 0.0620 e. The molecular weight excluding hydrogens is 1020 g/mol. The third-order valence-electron chi connectivity index (χ3n) is 16.5. The Morgan fingerprint density at radius 1 is 0.176 bits per heavy atom. The molecule has 432 valence electrons. The molecule has 0 aliphatic heterocycles. The van der Waals surface area contributed by atoms with Crippen LogP contribution in [-0.2, 0) is 5.41 Å². The zero-order valence-corrected chi connectivity index (χ0v) is 54.4. The molecule has 0 spiro atoms. The van der Waals surface area contributed by atoms with Crippen LogP contribution < -0.4 is 0 Å². The van der Waals surface area contributed by atoms with Crippen molar-refractivity contribution in [2.45, 2.75) is 130 Å². The Balaban J connectivity index is 0.000000147. The van der Waals surface area contributed by atoms with Gasteiger partial charge in [-0.25, -0.2) is 0 Å². The third kappa shape index (κ3) is 17.3. The van der Waals surface area contributed by atoms with E-state index in [9.17, 15) is 0 Å². The van der Waals surface area contributed by atoms with Gasteiger partial charge in [0.05, 0.1) is 0 Å². The second-order valence-electron chi connectivity index (χ2n) is 24.5. The van der Waals surface area contributed by atoms with Crippen molar-refractivity contribution >= 4 is 0 Å². The van der Waals surface area contributed by atoms with Crippen LogP contribution in [0, 0.1) is 111 Å². The van der Waals surface area contributed by atoms with E-state index >= 15 is 0 Å². The van der Waals surface area contributed by atoms with E-state index in [1.54, 1.807) is 0 Å². The molecule has 0 aromatic heterocycles. The van der Waals surface area contributed by atoms with Gasteiger partial charge >= 0.3 is 0 Å². The van der Waals surface area contributed by atoms with Gasteiger partial charge in [-0.1, -0.05) is 289 Å². The van der Waals surface area contributed by atoms with Gasteiger partial charge in [0, 0.05) is 5.41 Å². The van der Waals surface area contributed by atoms with Gasteiger partial charge in [0.25, 0.3) is 0 Å². The number of benzene rings is 11. The van der Waals surface area contributed by atoms with Crippen molar-refractivity contribution in [3.05, 3.63) is 331 Å². The van der Waals surface area contributed by atoms with Crippen LogP contribution in [0.4, 0.5) is 0 Å². The van der Waals surface area contributed by atoms with Crippen molar-refractivity contribution in [1.82, 2.24) is 0 Å². The average Bonchev–Trinajstić information content (AvgIpc) is 2.76. The van der Waals surface area contributed by atoms with E-state index in [4.69, 9.17) is 0 Å². The van der Waals surface area contributed by atoms with E-state index < -0.39 is 0 Å². The fraction of sp³-hybridized carbons (Fsp3) is 0.224. The molecule has 0 N–H and O–H groups in total. The monoisotopic (exact) mass is 1110 g/mol. The Hall–Kier alpha value is -8.58. The summed E-state index contributed by atoms with van der Waals surface area (Å²) in [7, 11) is 0. The third-order valence-corrected chi connectivity index (χ3v) is 16.5. The number of rotatable bonds is 4. The van der Waals surface area contributed by atoms with Crippen LogP contribution in [-0.4, -0.2) is 0 Å². The van der Waals surface area contributed by atoms with Gasteiger partial charge in [-0.2, -0.15) is 0 Å². The molecule has 1 aliphatic rings. The summed E-state index contributed by atoms with van der Waals surface area (Å²) >= 11 is 0. The summed E-state index contributed by atoms with van der Waals surface area (Å²) in [5.74, 6) is 0. The fourth-order valence-electron chi connectivity index (χ4n) is 11.3. The van der Waals surface area contributed by atoms with Crippen molar-refractivity contribution in [1.29, 1.82) is 0 Å². The lowest BCUT2D eigenvalue weighted by atomic mass is 9.81. The maximum atomic E-state index is 2.34. The molecule has 0 radical (unpaired) electrons. The van der Waals surface area contributed by atoms with Crippen LogP contribution >= 0.6 is 0 Å². The molecule has 85 heavy (non-hydrogen) atoms. The molecule has 0 atom stereocenters. The first-order valence-corrected chi connectivity index (χ1v) is 30.3. The van der Waals surface area contributed by atoms with Gasteiger partial charge < -0.3 is 0 Å². The maximum absolute atomic E-state index is 2.34. The summed E-state index contributed by atoms with van der Waals surface area (Å²) in [5.41, 5.74) is 38.0. The highest BCUT2D eigenvalue weighted by Gasteiger charge is 2.35. The van der Waals surface area contributed by atoms with E-state index in [1.807, 2.05) is 0 Å². The lowest BCUT2D eigenvalue weighted by molar-refractivity contribution is 0.659. The lowest BCUT2D eigenvalue weighted by Gasteiger charge is -2.22. The molecule has 0 heteroatoms. The van der Waals surface area contributed by atoms with Crippen LogP contribution in [0.2, 0.25) is 0 Å². The van der Waals surface area contributed by atoms with Crippen molar-refractivity contribution in [3.63, 3.8) is 0 Å². The van der Waals surface area contributed by atoms with E-state index in [-0.39, 0.29) is 5.41 Å². The van der Waals surface area contributed by atoms with Gasteiger partial charge in [0.2, 0.25) is 0 Å². The standard InChI is InChI=1S/C17H18.C16H18.3C14H14.C10H14/c1-11-5-7-13-14-8-6-12(2)10-16(14)17(3,4)15(13)9-11;1-11-5-7-15(13(3)9-11)16-8-6-12(2)10-14(16)4;1-11-5-3-7-13(9-11)14-8-4-6-12(2)10-14;1-11-6-5-8-13(10-11)14-9-4-3-7-12(14)2;1-11-7-9-13(10-8-11)14-6-4-3-5-12(14)2;1-7-5-9(3)10(4)6-8(7)2/h5-10H,1-4H3;5-10H,1-4H3;3*3-10H,1-2H3;5-6H,1-4H3. The fourth-order valence-corrected chi connectivity index (χ4v) is 11.3. The summed E-state index contributed by atoms with van der Waals surface area (Å²) in [6.45, 7) is 39.0. The Kier molecular flexibility index (Phi) is 22.0. The predicted octanol–water partition coefficient (Wildman–Crippen LogP) is 24.0. The van der Waals surface area contributed by atoms with Crippen molar-refractivity contribution < 1.29 is 0 Å². The molecule has 11 aromatic carbocycles. The topological polar surface area (TPSA) is 0 Å². The SMILES string of the molecule is Cc1cc(C)c(C)cc1C.Cc1ccc(-c2ccc(C)cc2C)c(C)c1.Cc1ccc(-c2ccccc2C)cc1.Cc1ccc2c(c1)C(C)(C)c1cc(C)ccc1-2.Cc1cccc(-c2cccc(C)c2)c1.Cc1cccc(-c2ccccc2C)c1. The minimum atomic E-state index is 0.142. The number of hydrogen-bond donors (Lipinski definition) is 0. The first kappa shape index (κ1) is 64.0. The Bertz CT molecular complexity index is 3830. The van der Waals surface area contributed by atoms with E-state index in [0.29, 0.717) is 0 Å². The number of fused-ring (bicyclic) bond motifs is 3. The van der Waals surface area contributed by atoms with E-state index in [2.05, 4.69) is 355 Å². The Labute approximate surface area is 513 Å². The van der Waals surface area contributed by atoms with Crippen LogP contribution in [0.5, 0.6) is 0 Å². The average molecular weight is 1110 g/mol. The molecule has 12 rings (SSSR count). The molecule has 0 saturated heterocycles.